The largest absolute Gasteiger partial charge is 0.417 e. The highest BCUT2D eigenvalue weighted by atomic mass is 35.5. The molecule has 0 aliphatic carbocycles. The van der Waals surface area contributed by atoms with Crippen LogP contribution in [0.15, 0.2) is 54.7 Å². The molecular weight excluding hydrogens is 549 g/mol. The first-order valence-corrected chi connectivity index (χ1v) is 12.6. The van der Waals surface area contributed by atoms with Crippen molar-refractivity contribution in [3.8, 4) is 11.4 Å². The van der Waals surface area contributed by atoms with Gasteiger partial charge in [-0.2, -0.15) is 18.3 Å². The molecule has 4 N–H and O–H groups in total. The number of anilines is 5. The molecule has 3 heterocycles. The Morgan fingerprint density at radius 1 is 1.05 bits per heavy atom. The van der Waals surface area contributed by atoms with Crippen LogP contribution in [0.1, 0.15) is 11.1 Å². The average molecular weight is 573 g/mol. The van der Waals surface area contributed by atoms with Crippen molar-refractivity contribution in [3.05, 3.63) is 70.9 Å². The Kier molecular flexibility index (Phi) is 7.76. The van der Waals surface area contributed by atoms with Crippen molar-refractivity contribution in [2.24, 2.45) is 0 Å². The molecule has 2 aromatic heterocycles. The summed E-state index contributed by atoms with van der Waals surface area (Å²) in [5.74, 6) is 2.52. The standard InChI is InChI=1S/C26H24ClF3N8O2/c1-15-12-16(32-25(39)33-17-3-5-20(27)19(13-17)26(28,29)30)2-4-18(15)24-31-7-6-21(35-24)34-22-14-23(37-36-22)38-8-10-40-11-9-38/h2-7,12-14H,8-11H2,1H3,(H2,32,33,39)(H2,31,34,35,36,37). The summed E-state index contributed by atoms with van der Waals surface area (Å²) in [6.45, 7) is 4.70. The highest BCUT2D eigenvalue weighted by molar-refractivity contribution is 6.31. The number of carbonyl (C=O) groups excluding carboxylic acids is 1. The number of rotatable bonds is 6. The molecular formula is C26H24ClF3N8O2. The second-order valence-corrected chi connectivity index (χ2v) is 9.34. The van der Waals surface area contributed by atoms with Gasteiger partial charge in [-0.25, -0.2) is 14.8 Å². The van der Waals surface area contributed by atoms with Crippen molar-refractivity contribution in [1.29, 1.82) is 0 Å². The molecule has 14 heteroatoms. The zero-order valence-corrected chi connectivity index (χ0v) is 21.9. The number of aromatic nitrogens is 4. The molecule has 208 valence electrons. The van der Waals surface area contributed by atoms with Crippen LogP contribution in [0.25, 0.3) is 11.4 Å². The second-order valence-electron chi connectivity index (χ2n) is 8.93. The summed E-state index contributed by atoms with van der Waals surface area (Å²) in [4.78, 5) is 23.5. The Bertz CT molecular complexity index is 1520. The summed E-state index contributed by atoms with van der Waals surface area (Å²) in [6, 6.07) is 11.2. The van der Waals surface area contributed by atoms with E-state index in [1.165, 1.54) is 6.07 Å². The number of hydrogen-bond acceptors (Lipinski definition) is 7. The highest BCUT2D eigenvalue weighted by Crippen LogP contribution is 2.36. The van der Waals surface area contributed by atoms with Crippen molar-refractivity contribution in [2.45, 2.75) is 13.1 Å². The van der Waals surface area contributed by atoms with E-state index < -0.39 is 22.8 Å². The summed E-state index contributed by atoms with van der Waals surface area (Å²) in [7, 11) is 0. The lowest BCUT2D eigenvalue weighted by Gasteiger charge is -2.26. The van der Waals surface area contributed by atoms with Gasteiger partial charge in [0.15, 0.2) is 11.6 Å². The van der Waals surface area contributed by atoms with E-state index in [0.717, 1.165) is 42.2 Å². The number of H-pyrrole nitrogens is 1. The van der Waals surface area contributed by atoms with Gasteiger partial charge in [0.05, 0.1) is 23.8 Å². The van der Waals surface area contributed by atoms with Crippen molar-refractivity contribution in [2.75, 3.05) is 47.2 Å². The minimum Gasteiger partial charge on any atom is -0.378 e. The van der Waals surface area contributed by atoms with Crippen LogP contribution in [0.5, 0.6) is 0 Å². The molecule has 1 fully saturated rings. The summed E-state index contributed by atoms with van der Waals surface area (Å²) in [6.07, 6.45) is -3.01. The molecule has 4 aromatic rings. The number of aromatic amines is 1. The zero-order chi connectivity index (χ0) is 28.3. The van der Waals surface area contributed by atoms with Gasteiger partial charge in [-0.3, -0.25) is 5.10 Å². The fourth-order valence-electron chi connectivity index (χ4n) is 4.13. The third-order valence-electron chi connectivity index (χ3n) is 6.07. The SMILES string of the molecule is Cc1cc(NC(=O)Nc2ccc(Cl)c(C(F)(F)F)c2)ccc1-c1nccc(Nc2cc(N3CCOCC3)n[nH]2)n1. The lowest BCUT2D eigenvalue weighted by molar-refractivity contribution is -0.137. The minimum absolute atomic E-state index is 0.0467. The Labute approximate surface area is 231 Å². The van der Waals surface area contributed by atoms with E-state index >= 15 is 0 Å². The van der Waals surface area contributed by atoms with E-state index in [9.17, 15) is 18.0 Å². The van der Waals surface area contributed by atoms with Gasteiger partial charge in [-0.05, 0) is 55.0 Å². The lowest BCUT2D eigenvalue weighted by Crippen LogP contribution is -2.36. The molecule has 40 heavy (non-hydrogen) atoms. The number of amides is 2. The van der Waals surface area contributed by atoms with Crippen LogP contribution in [0.4, 0.5) is 46.8 Å². The second kappa shape index (κ2) is 11.4. The Morgan fingerprint density at radius 3 is 2.50 bits per heavy atom. The van der Waals surface area contributed by atoms with Crippen LogP contribution in [0, 0.1) is 6.92 Å². The molecule has 2 aromatic carbocycles. The number of benzene rings is 2. The Morgan fingerprint density at radius 2 is 1.77 bits per heavy atom. The molecule has 1 aliphatic heterocycles. The van der Waals surface area contributed by atoms with E-state index in [2.05, 4.69) is 41.0 Å². The molecule has 0 saturated carbocycles. The maximum absolute atomic E-state index is 13.1. The van der Waals surface area contributed by atoms with Gasteiger partial charge in [0.25, 0.3) is 0 Å². The first kappa shape index (κ1) is 27.2. The molecule has 1 saturated heterocycles. The van der Waals surface area contributed by atoms with Gasteiger partial charge in [0.2, 0.25) is 0 Å². The van der Waals surface area contributed by atoms with Crippen LogP contribution in [0.2, 0.25) is 5.02 Å². The molecule has 5 rings (SSSR count). The monoisotopic (exact) mass is 572 g/mol. The number of ether oxygens (including phenoxy) is 1. The molecule has 10 nitrogen and oxygen atoms in total. The number of halogens is 4. The average Bonchev–Trinajstić information content (AvgIpc) is 3.38. The maximum Gasteiger partial charge on any atom is 0.417 e. The van der Waals surface area contributed by atoms with Crippen molar-refractivity contribution in [3.63, 3.8) is 0 Å². The molecule has 0 spiro atoms. The quantitative estimate of drug-likeness (QED) is 0.221. The van der Waals surface area contributed by atoms with E-state index in [-0.39, 0.29) is 5.69 Å². The third kappa shape index (κ3) is 6.43. The van der Waals surface area contributed by atoms with Crippen LogP contribution in [-0.2, 0) is 10.9 Å². The summed E-state index contributed by atoms with van der Waals surface area (Å²) in [5, 5.41) is 15.1. The van der Waals surface area contributed by atoms with Gasteiger partial charge >= 0.3 is 12.2 Å². The normalized spacial score (nSPS) is 13.7. The first-order valence-electron chi connectivity index (χ1n) is 12.2. The number of carbonyl (C=O) groups is 1. The van der Waals surface area contributed by atoms with Gasteiger partial charge in [0.1, 0.15) is 11.6 Å². The third-order valence-corrected chi connectivity index (χ3v) is 6.40. The predicted molar refractivity (Wildman–Crippen MR) is 146 cm³/mol. The van der Waals surface area contributed by atoms with Crippen molar-refractivity contribution >= 4 is 46.5 Å². The van der Waals surface area contributed by atoms with Crippen LogP contribution in [-0.4, -0.2) is 52.5 Å². The number of nitrogens with one attached hydrogen (secondary N) is 4. The Balaban J connectivity index is 1.24. The molecule has 0 atom stereocenters. The first-order chi connectivity index (χ1) is 19.2. The van der Waals surface area contributed by atoms with E-state index in [0.29, 0.717) is 36.4 Å². The van der Waals surface area contributed by atoms with Crippen molar-refractivity contribution in [1.82, 2.24) is 20.2 Å². The summed E-state index contributed by atoms with van der Waals surface area (Å²) in [5.41, 5.74) is 0.868. The van der Waals surface area contributed by atoms with Crippen LogP contribution < -0.4 is 20.9 Å². The van der Waals surface area contributed by atoms with Gasteiger partial charge < -0.3 is 25.6 Å². The molecule has 0 unspecified atom stereocenters. The van der Waals surface area contributed by atoms with E-state index in [1.807, 2.05) is 13.0 Å². The Hall–Kier alpha value is -4.36. The number of urea groups is 1. The number of hydrogen-bond donors (Lipinski definition) is 4. The number of aryl methyl sites for hydroxylation is 1. The zero-order valence-electron chi connectivity index (χ0n) is 21.1. The topological polar surface area (TPSA) is 120 Å². The number of nitrogens with zero attached hydrogens (tertiary/aromatic N) is 4. The predicted octanol–water partition coefficient (Wildman–Crippen LogP) is 6.07. The van der Waals surface area contributed by atoms with Crippen LogP contribution >= 0.6 is 11.6 Å². The maximum atomic E-state index is 13.1. The smallest absolute Gasteiger partial charge is 0.378 e. The lowest BCUT2D eigenvalue weighted by atomic mass is 10.1. The molecule has 0 radical (unpaired) electrons. The minimum atomic E-state index is -4.64. The van der Waals surface area contributed by atoms with Gasteiger partial charge in [0, 0.05) is 42.3 Å². The fourth-order valence-corrected chi connectivity index (χ4v) is 4.36. The van der Waals surface area contributed by atoms with Gasteiger partial charge in [-0.1, -0.05) is 11.6 Å². The number of alkyl halides is 3. The summed E-state index contributed by atoms with van der Waals surface area (Å²) >= 11 is 5.64. The van der Waals surface area contributed by atoms with Gasteiger partial charge in [-0.15, -0.1) is 0 Å². The van der Waals surface area contributed by atoms with E-state index in [4.69, 9.17) is 16.3 Å². The van der Waals surface area contributed by atoms with Crippen LogP contribution in [0.3, 0.4) is 0 Å². The molecule has 1 aliphatic rings. The molecule has 2 amide bonds. The fraction of sp³-hybridized carbons (Fsp3) is 0.231. The summed E-state index contributed by atoms with van der Waals surface area (Å²) < 4.78 is 44.7. The van der Waals surface area contributed by atoms with E-state index in [1.54, 1.807) is 30.5 Å². The number of morpholine rings is 1. The highest BCUT2D eigenvalue weighted by Gasteiger charge is 2.33. The molecule has 0 bridgehead atoms. The van der Waals surface area contributed by atoms with Crippen molar-refractivity contribution < 1.29 is 22.7 Å².